The molecule has 144 valence electrons. The fourth-order valence-electron chi connectivity index (χ4n) is 3.89. The molecule has 0 radical (unpaired) electrons. The van der Waals surface area contributed by atoms with Crippen molar-refractivity contribution in [3.05, 3.63) is 35.9 Å². The fraction of sp³-hybridized carbons (Fsp3) is 0.760. The van der Waals surface area contributed by atoms with E-state index in [2.05, 4.69) is 44.2 Å². The molecular formula is C25H44. The molecule has 0 heteroatoms. The van der Waals surface area contributed by atoms with Gasteiger partial charge in [0.05, 0.1) is 0 Å². The van der Waals surface area contributed by atoms with Crippen molar-refractivity contribution in [2.75, 3.05) is 0 Å². The summed E-state index contributed by atoms with van der Waals surface area (Å²) in [6.45, 7) is 4.61. The summed E-state index contributed by atoms with van der Waals surface area (Å²) in [5.74, 6) is 0.796. The highest BCUT2D eigenvalue weighted by atomic mass is 14.1. The first-order chi connectivity index (χ1) is 12.4. The summed E-state index contributed by atoms with van der Waals surface area (Å²) < 4.78 is 0. The minimum atomic E-state index is 0.796. The zero-order valence-electron chi connectivity index (χ0n) is 17.3. The van der Waals surface area contributed by atoms with Gasteiger partial charge in [-0.05, 0) is 24.3 Å². The van der Waals surface area contributed by atoms with Crippen LogP contribution in [0.1, 0.15) is 128 Å². The van der Waals surface area contributed by atoms with Crippen molar-refractivity contribution < 1.29 is 0 Å². The van der Waals surface area contributed by atoms with E-state index in [1.54, 1.807) is 5.56 Å². The van der Waals surface area contributed by atoms with E-state index in [0.29, 0.717) is 0 Å². The van der Waals surface area contributed by atoms with Crippen LogP contribution in [0.4, 0.5) is 0 Å². The molecule has 0 saturated heterocycles. The van der Waals surface area contributed by atoms with Gasteiger partial charge in [-0.3, -0.25) is 0 Å². The molecule has 0 amide bonds. The van der Waals surface area contributed by atoms with Crippen molar-refractivity contribution in [3.63, 3.8) is 0 Å². The van der Waals surface area contributed by atoms with Crippen molar-refractivity contribution in [2.45, 2.75) is 122 Å². The van der Waals surface area contributed by atoms with Crippen molar-refractivity contribution in [1.29, 1.82) is 0 Å². The van der Waals surface area contributed by atoms with E-state index in [-0.39, 0.29) is 0 Å². The number of hydrogen-bond acceptors (Lipinski definition) is 0. The molecule has 1 unspecified atom stereocenters. The largest absolute Gasteiger partial charge is 0.0654 e. The zero-order chi connectivity index (χ0) is 18.0. The second-order valence-electron chi connectivity index (χ2n) is 7.93. The van der Waals surface area contributed by atoms with Crippen LogP contribution in [0.5, 0.6) is 0 Å². The Balaban J connectivity index is 2.01. The third-order valence-corrected chi connectivity index (χ3v) is 5.58. The van der Waals surface area contributed by atoms with Gasteiger partial charge in [-0.15, -0.1) is 0 Å². The predicted octanol–water partition coefficient (Wildman–Crippen LogP) is 9.05. The molecule has 0 saturated carbocycles. The number of benzene rings is 1. The number of unbranched alkanes of at least 4 members (excludes halogenated alkanes) is 12. The molecule has 1 aromatic carbocycles. The van der Waals surface area contributed by atoms with E-state index in [1.165, 1.54) is 103 Å². The second kappa shape index (κ2) is 16.7. The third-order valence-electron chi connectivity index (χ3n) is 5.58. The van der Waals surface area contributed by atoms with Gasteiger partial charge < -0.3 is 0 Å². The summed E-state index contributed by atoms with van der Waals surface area (Å²) in [5, 5.41) is 0. The van der Waals surface area contributed by atoms with Crippen LogP contribution in [0, 0.1) is 0 Å². The minimum absolute atomic E-state index is 0.796. The van der Waals surface area contributed by atoms with E-state index in [0.717, 1.165) is 5.92 Å². The lowest BCUT2D eigenvalue weighted by atomic mass is 9.88. The molecule has 1 aromatic rings. The highest BCUT2D eigenvalue weighted by molar-refractivity contribution is 5.19. The van der Waals surface area contributed by atoms with Gasteiger partial charge in [0.1, 0.15) is 0 Å². The van der Waals surface area contributed by atoms with Crippen LogP contribution in [0.15, 0.2) is 30.3 Å². The Morgan fingerprint density at radius 2 is 0.960 bits per heavy atom. The van der Waals surface area contributed by atoms with Gasteiger partial charge in [-0.1, -0.05) is 134 Å². The third kappa shape index (κ3) is 12.2. The molecule has 0 nitrogen and oxygen atoms in total. The van der Waals surface area contributed by atoms with Crippen LogP contribution in [0.3, 0.4) is 0 Å². The van der Waals surface area contributed by atoms with Crippen LogP contribution in [0.25, 0.3) is 0 Å². The summed E-state index contributed by atoms with van der Waals surface area (Å²) in [4.78, 5) is 0. The average Bonchev–Trinajstić information content (AvgIpc) is 2.65. The molecular weight excluding hydrogens is 300 g/mol. The van der Waals surface area contributed by atoms with Crippen LogP contribution >= 0.6 is 0 Å². The molecule has 0 spiro atoms. The summed E-state index contributed by atoms with van der Waals surface area (Å²) in [5.41, 5.74) is 1.57. The van der Waals surface area contributed by atoms with Gasteiger partial charge in [0.15, 0.2) is 0 Å². The number of rotatable bonds is 17. The zero-order valence-corrected chi connectivity index (χ0v) is 17.3. The first-order valence-electron chi connectivity index (χ1n) is 11.4. The van der Waals surface area contributed by atoms with Gasteiger partial charge in [-0.2, -0.15) is 0 Å². The Morgan fingerprint density at radius 3 is 1.48 bits per heavy atom. The van der Waals surface area contributed by atoms with Crippen molar-refractivity contribution in [3.8, 4) is 0 Å². The summed E-state index contributed by atoms with van der Waals surface area (Å²) in [6, 6.07) is 11.2. The maximum absolute atomic E-state index is 2.33. The minimum Gasteiger partial charge on any atom is -0.0654 e. The van der Waals surface area contributed by atoms with Crippen molar-refractivity contribution >= 4 is 0 Å². The topological polar surface area (TPSA) is 0 Å². The Kier molecular flexibility index (Phi) is 14.8. The first kappa shape index (κ1) is 22.3. The van der Waals surface area contributed by atoms with Gasteiger partial charge in [0.25, 0.3) is 0 Å². The molecule has 0 aromatic heterocycles. The van der Waals surface area contributed by atoms with E-state index in [9.17, 15) is 0 Å². The van der Waals surface area contributed by atoms with Crippen LogP contribution in [0.2, 0.25) is 0 Å². The summed E-state index contributed by atoms with van der Waals surface area (Å²) in [7, 11) is 0. The quantitative estimate of drug-likeness (QED) is 0.247. The van der Waals surface area contributed by atoms with Crippen LogP contribution in [-0.2, 0) is 0 Å². The van der Waals surface area contributed by atoms with Crippen LogP contribution < -0.4 is 0 Å². The highest BCUT2D eigenvalue weighted by Crippen LogP contribution is 2.28. The van der Waals surface area contributed by atoms with Crippen molar-refractivity contribution in [2.24, 2.45) is 0 Å². The van der Waals surface area contributed by atoms with E-state index in [1.807, 2.05) is 0 Å². The van der Waals surface area contributed by atoms with Gasteiger partial charge in [-0.25, -0.2) is 0 Å². The smallest absolute Gasteiger partial charge is 0.0162 e. The lowest BCUT2D eigenvalue weighted by Crippen LogP contribution is -1.99. The highest BCUT2D eigenvalue weighted by Gasteiger charge is 2.10. The average molecular weight is 345 g/mol. The van der Waals surface area contributed by atoms with Crippen molar-refractivity contribution in [1.82, 2.24) is 0 Å². The predicted molar refractivity (Wildman–Crippen MR) is 114 cm³/mol. The lowest BCUT2D eigenvalue weighted by molar-refractivity contribution is 0.495. The Bertz CT molecular complexity index is 367. The molecule has 0 fully saturated rings. The molecule has 1 rings (SSSR count). The summed E-state index contributed by atoms with van der Waals surface area (Å²) in [6.07, 6.45) is 22.8. The SMILES string of the molecule is CCCCCCCCCCCCCCC(CCCC)c1ccccc1. The molecule has 1 atom stereocenters. The molecule has 0 heterocycles. The van der Waals surface area contributed by atoms with Gasteiger partial charge >= 0.3 is 0 Å². The van der Waals surface area contributed by atoms with Gasteiger partial charge in [0.2, 0.25) is 0 Å². The van der Waals surface area contributed by atoms with E-state index >= 15 is 0 Å². The fourth-order valence-corrected chi connectivity index (χ4v) is 3.89. The lowest BCUT2D eigenvalue weighted by Gasteiger charge is -2.17. The molecule has 0 aliphatic heterocycles. The second-order valence-corrected chi connectivity index (χ2v) is 7.93. The first-order valence-corrected chi connectivity index (χ1v) is 11.4. The molecule has 25 heavy (non-hydrogen) atoms. The number of hydrogen-bond donors (Lipinski definition) is 0. The van der Waals surface area contributed by atoms with E-state index in [4.69, 9.17) is 0 Å². The Morgan fingerprint density at radius 1 is 0.520 bits per heavy atom. The molecule has 0 aliphatic carbocycles. The summed E-state index contributed by atoms with van der Waals surface area (Å²) >= 11 is 0. The van der Waals surface area contributed by atoms with Crippen LogP contribution in [-0.4, -0.2) is 0 Å². The monoisotopic (exact) mass is 344 g/mol. The van der Waals surface area contributed by atoms with E-state index < -0.39 is 0 Å². The maximum Gasteiger partial charge on any atom is -0.0162 e. The molecule has 0 N–H and O–H groups in total. The Labute approximate surface area is 158 Å². The van der Waals surface area contributed by atoms with Gasteiger partial charge in [0, 0.05) is 0 Å². The standard InChI is InChI=1S/C25H44/c1-3-5-7-8-9-10-11-12-13-14-15-17-21-24(20-6-4-2)25-22-18-16-19-23-25/h16,18-19,22-24H,3-15,17,20-21H2,1-2H3. The normalized spacial score (nSPS) is 12.4. The molecule has 0 aliphatic rings. The maximum atomic E-state index is 2.33. The molecule has 0 bridgehead atoms. The Hall–Kier alpha value is -0.780.